The molecule has 0 saturated heterocycles. The van der Waals surface area contributed by atoms with Crippen molar-refractivity contribution in [1.29, 1.82) is 0 Å². The van der Waals surface area contributed by atoms with E-state index in [-0.39, 0.29) is 10.8 Å². The summed E-state index contributed by atoms with van der Waals surface area (Å²) in [5.41, 5.74) is 1.35. The van der Waals surface area contributed by atoms with Crippen LogP contribution in [0.25, 0.3) is 0 Å². The lowest BCUT2D eigenvalue weighted by atomic mass is 10.1. The van der Waals surface area contributed by atoms with Crippen molar-refractivity contribution in [3.8, 4) is 0 Å². The number of hydrogen-bond acceptors (Lipinski definition) is 6. The molecule has 3 N–H and O–H groups in total. The maximum atomic E-state index is 13.8. The number of hydrazine groups is 1. The van der Waals surface area contributed by atoms with E-state index < -0.39 is 17.8 Å². The Morgan fingerprint density at radius 1 is 1.16 bits per heavy atom. The summed E-state index contributed by atoms with van der Waals surface area (Å²) in [5.74, 6) is -1.82. The molecule has 1 aromatic heterocycles. The molecule has 134 valence electrons. The van der Waals surface area contributed by atoms with Gasteiger partial charge in [0.1, 0.15) is 5.82 Å². The van der Waals surface area contributed by atoms with Crippen LogP contribution in [0, 0.1) is 0 Å². The van der Waals surface area contributed by atoms with E-state index in [1.165, 1.54) is 24.3 Å². The maximum absolute atomic E-state index is 13.8. The molecule has 1 heterocycles. The van der Waals surface area contributed by atoms with Crippen molar-refractivity contribution >= 4 is 29.1 Å². The lowest BCUT2D eigenvalue weighted by Gasteiger charge is -2.35. The number of halogens is 4. The van der Waals surface area contributed by atoms with Crippen LogP contribution >= 0.6 is 11.6 Å². The molecule has 25 heavy (non-hydrogen) atoms. The van der Waals surface area contributed by atoms with Crippen molar-refractivity contribution < 1.29 is 22.7 Å². The largest absolute Gasteiger partial charge is 0.466 e. The second kappa shape index (κ2) is 7.58. The van der Waals surface area contributed by atoms with Crippen molar-refractivity contribution in [3.05, 3.63) is 53.7 Å². The highest BCUT2D eigenvalue weighted by atomic mass is 35.5. The molecule has 0 unspecified atom stereocenters. The Labute approximate surface area is 146 Å². The quantitative estimate of drug-likeness (QED) is 0.409. The van der Waals surface area contributed by atoms with Crippen LogP contribution in [0.2, 0.25) is 5.02 Å². The Morgan fingerprint density at radius 2 is 1.84 bits per heavy atom. The van der Waals surface area contributed by atoms with Crippen molar-refractivity contribution in [3.63, 3.8) is 0 Å². The number of para-hydroxylation sites is 1. The SMILES string of the molecule is COC(=O)[C@](NNc1ccccc1)(Nc1ccc(Cl)cn1)C(F)(F)F. The highest BCUT2D eigenvalue weighted by Crippen LogP contribution is 2.32. The van der Waals surface area contributed by atoms with Crippen LogP contribution < -0.4 is 16.2 Å². The zero-order valence-corrected chi connectivity index (χ0v) is 13.7. The fourth-order valence-electron chi connectivity index (χ4n) is 1.87. The molecule has 0 radical (unpaired) electrons. The zero-order valence-electron chi connectivity index (χ0n) is 12.9. The van der Waals surface area contributed by atoms with Gasteiger partial charge >= 0.3 is 17.8 Å². The van der Waals surface area contributed by atoms with E-state index in [1.54, 1.807) is 18.2 Å². The molecule has 0 bridgehead atoms. The van der Waals surface area contributed by atoms with Gasteiger partial charge in [0.15, 0.2) is 0 Å². The van der Waals surface area contributed by atoms with Crippen LogP contribution in [0.15, 0.2) is 48.7 Å². The Bertz CT molecular complexity index is 713. The Morgan fingerprint density at radius 3 is 2.36 bits per heavy atom. The predicted molar refractivity (Wildman–Crippen MR) is 86.9 cm³/mol. The molecule has 0 aliphatic heterocycles. The average molecular weight is 375 g/mol. The Hall–Kier alpha value is -2.52. The van der Waals surface area contributed by atoms with E-state index in [0.29, 0.717) is 5.69 Å². The van der Waals surface area contributed by atoms with E-state index in [0.717, 1.165) is 13.3 Å². The number of hydrogen-bond donors (Lipinski definition) is 3. The molecule has 10 heteroatoms. The standard InChI is InChI=1S/C15H14ClF3N4O2/c1-25-13(24)14(15(17,18)19,21-12-8-7-10(16)9-20-12)23-22-11-5-3-2-4-6-11/h2-9,22-23H,1H3,(H,20,21)/t14-/m1/s1. The predicted octanol–water partition coefficient (Wildman–Crippen LogP) is 3.20. The summed E-state index contributed by atoms with van der Waals surface area (Å²) in [7, 11) is 0.851. The van der Waals surface area contributed by atoms with Crippen LogP contribution in [-0.4, -0.2) is 29.9 Å². The summed E-state index contributed by atoms with van der Waals surface area (Å²) in [5, 5.41) is 2.27. The summed E-state index contributed by atoms with van der Waals surface area (Å²) < 4.78 is 45.6. The first kappa shape index (κ1) is 18.8. The van der Waals surface area contributed by atoms with Gasteiger partial charge in [-0.25, -0.2) is 9.78 Å². The first-order valence-electron chi connectivity index (χ1n) is 6.91. The van der Waals surface area contributed by atoms with Crippen molar-refractivity contribution in [2.24, 2.45) is 0 Å². The smallest absolute Gasteiger partial charge is 0.438 e. The van der Waals surface area contributed by atoms with E-state index >= 15 is 0 Å². The van der Waals surface area contributed by atoms with E-state index in [1.807, 2.05) is 10.7 Å². The molecule has 0 amide bonds. The summed E-state index contributed by atoms with van der Waals surface area (Å²) >= 11 is 5.67. The van der Waals surface area contributed by atoms with Crippen LogP contribution in [-0.2, 0) is 9.53 Å². The second-order valence-electron chi connectivity index (χ2n) is 4.84. The molecule has 0 spiro atoms. The number of esters is 1. The molecule has 0 aliphatic rings. The van der Waals surface area contributed by atoms with Crippen molar-refractivity contribution in [1.82, 2.24) is 10.4 Å². The summed E-state index contributed by atoms with van der Waals surface area (Å²) in [6, 6.07) is 10.5. The van der Waals surface area contributed by atoms with Gasteiger partial charge in [0.05, 0.1) is 12.1 Å². The van der Waals surface area contributed by atoms with Gasteiger partial charge in [-0.2, -0.15) is 18.6 Å². The van der Waals surface area contributed by atoms with Gasteiger partial charge in [-0.3, -0.25) is 0 Å². The fourth-order valence-corrected chi connectivity index (χ4v) is 1.98. The molecular formula is C15H14ClF3N4O2. The first-order valence-corrected chi connectivity index (χ1v) is 7.29. The molecule has 6 nitrogen and oxygen atoms in total. The minimum Gasteiger partial charge on any atom is -0.466 e. The summed E-state index contributed by atoms with van der Waals surface area (Å²) in [6.45, 7) is 0. The van der Waals surface area contributed by atoms with Crippen molar-refractivity contribution in [2.75, 3.05) is 17.9 Å². The van der Waals surface area contributed by atoms with Gasteiger partial charge in [0.25, 0.3) is 0 Å². The number of methoxy groups -OCH3 is 1. The zero-order chi connectivity index (χ0) is 18.5. The lowest BCUT2D eigenvalue weighted by molar-refractivity contribution is -0.204. The van der Waals surface area contributed by atoms with Crippen LogP contribution in [0.5, 0.6) is 0 Å². The molecular weight excluding hydrogens is 361 g/mol. The number of ether oxygens (including phenoxy) is 1. The van der Waals surface area contributed by atoms with E-state index in [2.05, 4.69) is 15.1 Å². The Kier molecular flexibility index (Phi) is 5.70. The molecule has 1 aromatic carbocycles. The van der Waals surface area contributed by atoms with Gasteiger partial charge in [-0.1, -0.05) is 29.8 Å². The lowest BCUT2D eigenvalue weighted by Crippen LogP contribution is -2.69. The monoisotopic (exact) mass is 374 g/mol. The minimum absolute atomic E-state index is 0.227. The number of nitrogens with zero attached hydrogens (tertiary/aromatic N) is 1. The fraction of sp³-hybridized carbons (Fsp3) is 0.200. The van der Waals surface area contributed by atoms with Gasteiger partial charge in [0.2, 0.25) is 0 Å². The number of pyridine rings is 1. The molecule has 2 aromatic rings. The van der Waals surface area contributed by atoms with Crippen LogP contribution in [0.1, 0.15) is 0 Å². The van der Waals surface area contributed by atoms with Gasteiger partial charge in [0, 0.05) is 11.9 Å². The number of nitrogens with one attached hydrogen (secondary N) is 3. The third-order valence-electron chi connectivity index (χ3n) is 3.13. The Balaban J connectivity index is 2.37. The number of anilines is 2. The van der Waals surface area contributed by atoms with Gasteiger partial charge in [-0.15, -0.1) is 0 Å². The van der Waals surface area contributed by atoms with Crippen LogP contribution in [0.4, 0.5) is 24.7 Å². The van der Waals surface area contributed by atoms with E-state index in [9.17, 15) is 18.0 Å². The number of benzene rings is 1. The molecule has 0 aliphatic carbocycles. The average Bonchev–Trinajstić information content (AvgIpc) is 2.59. The number of carbonyl (C=O) groups excluding carboxylic acids is 1. The third kappa shape index (κ3) is 4.31. The maximum Gasteiger partial charge on any atom is 0.438 e. The van der Waals surface area contributed by atoms with Crippen molar-refractivity contribution in [2.45, 2.75) is 11.8 Å². The van der Waals surface area contributed by atoms with Gasteiger partial charge in [-0.05, 0) is 24.3 Å². The highest BCUT2D eigenvalue weighted by Gasteiger charge is 2.63. The summed E-state index contributed by atoms with van der Waals surface area (Å²) in [4.78, 5) is 15.7. The molecule has 2 rings (SSSR count). The number of carbonyl (C=O) groups is 1. The van der Waals surface area contributed by atoms with E-state index in [4.69, 9.17) is 11.6 Å². The normalized spacial score (nSPS) is 13.6. The number of aromatic nitrogens is 1. The molecule has 0 fully saturated rings. The first-order chi connectivity index (χ1) is 11.8. The minimum atomic E-state index is -5.07. The summed E-state index contributed by atoms with van der Waals surface area (Å²) in [6.07, 6.45) is -3.92. The third-order valence-corrected chi connectivity index (χ3v) is 3.35. The van der Waals surface area contributed by atoms with Gasteiger partial charge < -0.3 is 15.5 Å². The second-order valence-corrected chi connectivity index (χ2v) is 5.28. The molecule has 0 saturated carbocycles. The highest BCUT2D eigenvalue weighted by molar-refractivity contribution is 6.30. The number of alkyl halides is 3. The molecule has 1 atom stereocenters. The topological polar surface area (TPSA) is 75.3 Å². The number of rotatable bonds is 6. The van der Waals surface area contributed by atoms with Crippen LogP contribution in [0.3, 0.4) is 0 Å².